The van der Waals surface area contributed by atoms with Gasteiger partial charge in [-0.2, -0.15) is 0 Å². The van der Waals surface area contributed by atoms with Crippen LogP contribution in [-0.2, 0) is 4.79 Å². The highest BCUT2D eigenvalue weighted by molar-refractivity contribution is 5.81. The topological polar surface area (TPSA) is 38.3 Å². The molecule has 1 N–H and O–H groups in total. The third-order valence-corrected chi connectivity index (χ3v) is 2.70. The highest BCUT2D eigenvalue weighted by Crippen LogP contribution is 2.21. The summed E-state index contributed by atoms with van der Waals surface area (Å²) in [5.41, 5.74) is 0.685. The Bertz CT molecular complexity index is 407. The molecule has 1 rings (SSSR count). The predicted octanol–water partition coefficient (Wildman–Crippen LogP) is 3.31. The highest BCUT2D eigenvalue weighted by Gasteiger charge is 2.22. The van der Waals surface area contributed by atoms with Gasteiger partial charge in [-0.3, -0.25) is 4.79 Å². The van der Waals surface area contributed by atoms with E-state index in [9.17, 15) is 4.79 Å². The first kappa shape index (κ1) is 14.6. The summed E-state index contributed by atoms with van der Waals surface area (Å²) in [4.78, 5) is 11.9. The number of hydrogen-bond acceptors (Lipinski definition) is 2. The van der Waals surface area contributed by atoms with Crippen molar-refractivity contribution >= 4 is 5.91 Å². The molecule has 0 aliphatic heterocycles. The summed E-state index contributed by atoms with van der Waals surface area (Å²) in [6, 6.07) is 7.82. The number of rotatable bonds is 4. The lowest BCUT2D eigenvalue weighted by atomic mass is 9.94. The number of ether oxygens (including phenoxy) is 1. The first-order valence-electron chi connectivity index (χ1n) is 6.38. The van der Waals surface area contributed by atoms with Gasteiger partial charge in [0.25, 0.3) is 0 Å². The largest absolute Gasteiger partial charge is 0.494 e. The SMILES string of the molecule is CCOc1cccc([C@H](C)NC(=O)C(C)(C)C)c1. The van der Waals surface area contributed by atoms with Gasteiger partial charge in [-0.05, 0) is 31.5 Å². The van der Waals surface area contributed by atoms with E-state index in [1.165, 1.54) is 0 Å². The minimum Gasteiger partial charge on any atom is -0.494 e. The van der Waals surface area contributed by atoms with Crippen LogP contribution in [0.1, 0.15) is 46.2 Å². The molecule has 18 heavy (non-hydrogen) atoms. The van der Waals surface area contributed by atoms with E-state index >= 15 is 0 Å². The first-order valence-corrected chi connectivity index (χ1v) is 6.38. The molecule has 0 aliphatic rings. The van der Waals surface area contributed by atoms with Gasteiger partial charge in [0.05, 0.1) is 12.6 Å². The Hall–Kier alpha value is -1.51. The van der Waals surface area contributed by atoms with Crippen molar-refractivity contribution in [3.63, 3.8) is 0 Å². The van der Waals surface area contributed by atoms with Crippen LogP contribution in [0.3, 0.4) is 0 Å². The molecule has 1 aromatic carbocycles. The smallest absolute Gasteiger partial charge is 0.225 e. The third-order valence-electron chi connectivity index (χ3n) is 2.70. The van der Waals surface area contributed by atoms with Crippen LogP contribution in [0, 0.1) is 5.41 Å². The van der Waals surface area contributed by atoms with E-state index in [1.807, 2.05) is 58.9 Å². The van der Waals surface area contributed by atoms with Gasteiger partial charge in [0.1, 0.15) is 5.75 Å². The number of amides is 1. The van der Waals surface area contributed by atoms with Gasteiger partial charge in [-0.1, -0.05) is 32.9 Å². The number of carbonyl (C=O) groups excluding carboxylic acids is 1. The van der Waals surface area contributed by atoms with Crippen molar-refractivity contribution in [3.8, 4) is 5.75 Å². The van der Waals surface area contributed by atoms with Gasteiger partial charge in [0.2, 0.25) is 5.91 Å². The molecule has 0 unspecified atom stereocenters. The van der Waals surface area contributed by atoms with Crippen LogP contribution in [0.4, 0.5) is 0 Å². The number of carbonyl (C=O) groups is 1. The number of hydrogen-bond donors (Lipinski definition) is 1. The molecule has 0 saturated heterocycles. The second-order valence-electron chi connectivity index (χ2n) is 5.45. The fourth-order valence-electron chi connectivity index (χ4n) is 1.54. The van der Waals surface area contributed by atoms with E-state index in [-0.39, 0.29) is 17.4 Å². The van der Waals surface area contributed by atoms with Crippen molar-refractivity contribution in [1.82, 2.24) is 5.32 Å². The minimum absolute atomic E-state index is 0.0165. The van der Waals surface area contributed by atoms with Crippen LogP contribution in [-0.4, -0.2) is 12.5 Å². The summed E-state index contributed by atoms with van der Waals surface area (Å²) in [6.45, 7) is 10.3. The molecule has 0 saturated carbocycles. The van der Waals surface area contributed by atoms with Gasteiger partial charge in [-0.15, -0.1) is 0 Å². The summed E-state index contributed by atoms with van der Waals surface area (Å²) in [5.74, 6) is 0.892. The average molecular weight is 249 g/mol. The van der Waals surface area contributed by atoms with Gasteiger partial charge in [0, 0.05) is 5.41 Å². The van der Waals surface area contributed by atoms with E-state index in [0.29, 0.717) is 6.61 Å². The van der Waals surface area contributed by atoms with Crippen LogP contribution in [0.2, 0.25) is 0 Å². The van der Waals surface area contributed by atoms with Crippen LogP contribution < -0.4 is 10.1 Å². The Morgan fingerprint density at radius 1 is 1.39 bits per heavy atom. The fourth-order valence-corrected chi connectivity index (χ4v) is 1.54. The van der Waals surface area contributed by atoms with Crippen molar-refractivity contribution in [3.05, 3.63) is 29.8 Å². The van der Waals surface area contributed by atoms with E-state index < -0.39 is 0 Å². The van der Waals surface area contributed by atoms with Crippen LogP contribution in [0.25, 0.3) is 0 Å². The maximum absolute atomic E-state index is 11.9. The second kappa shape index (κ2) is 5.89. The molecule has 0 heterocycles. The van der Waals surface area contributed by atoms with Crippen LogP contribution in [0.15, 0.2) is 24.3 Å². The van der Waals surface area contributed by atoms with Crippen molar-refractivity contribution in [1.29, 1.82) is 0 Å². The zero-order chi connectivity index (χ0) is 13.8. The predicted molar refractivity (Wildman–Crippen MR) is 73.6 cm³/mol. The highest BCUT2D eigenvalue weighted by atomic mass is 16.5. The maximum atomic E-state index is 11.9. The quantitative estimate of drug-likeness (QED) is 0.889. The molecule has 0 fully saturated rings. The fraction of sp³-hybridized carbons (Fsp3) is 0.533. The maximum Gasteiger partial charge on any atom is 0.225 e. The molecule has 0 aromatic heterocycles. The lowest BCUT2D eigenvalue weighted by Gasteiger charge is -2.22. The Morgan fingerprint density at radius 3 is 2.61 bits per heavy atom. The molecule has 0 aliphatic carbocycles. The van der Waals surface area contributed by atoms with Crippen molar-refractivity contribution in [2.45, 2.75) is 40.7 Å². The molecule has 0 spiro atoms. The minimum atomic E-state index is -0.369. The summed E-state index contributed by atoms with van der Waals surface area (Å²) in [5, 5.41) is 3.01. The molecule has 0 bridgehead atoms. The molecule has 3 nitrogen and oxygen atoms in total. The van der Waals surface area contributed by atoms with Crippen LogP contribution >= 0.6 is 0 Å². The lowest BCUT2D eigenvalue weighted by molar-refractivity contribution is -0.129. The zero-order valence-corrected chi connectivity index (χ0v) is 11.9. The monoisotopic (exact) mass is 249 g/mol. The normalized spacial score (nSPS) is 12.9. The molecule has 1 amide bonds. The molecule has 100 valence electrons. The van der Waals surface area contributed by atoms with Gasteiger partial charge >= 0.3 is 0 Å². The molecular formula is C15H23NO2. The van der Waals surface area contributed by atoms with Crippen molar-refractivity contribution in [2.75, 3.05) is 6.61 Å². The summed E-state index contributed by atoms with van der Waals surface area (Å²) < 4.78 is 5.46. The summed E-state index contributed by atoms with van der Waals surface area (Å²) in [6.07, 6.45) is 0. The van der Waals surface area contributed by atoms with Crippen LogP contribution in [0.5, 0.6) is 5.75 Å². The van der Waals surface area contributed by atoms with Gasteiger partial charge < -0.3 is 10.1 Å². The molecule has 1 aromatic rings. The van der Waals surface area contributed by atoms with Gasteiger partial charge in [0.15, 0.2) is 0 Å². The Morgan fingerprint density at radius 2 is 2.06 bits per heavy atom. The Labute approximate surface area is 110 Å². The van der Waals surface area contributed by atoms with E-state index in [4.69, 9.17) is 4.74 Å². The Kier molecular flexibility index (Phi) is 4.76. The molecular weight excluding hydrogens is 226 g/mol. The molecule has 0 radical (unpaired) electrons. The summed E-state index contributed by atoms with van der Waals surface area (Å²) >= 11 is 0. The molecule has 3 heteroatoms. The zero-order valence-electron chi connectivity index (χ0n) is 11.9. The number of nitrogens with one attached hydrogen (secondary N) is 1. The lowest BCUT2D eigenvalue weighted by Crippen LogP contribution is -2.36. The summed E-state index contributed by atoms with van der Waals surface area (Å²) in [7, 11) is 0. The average Bonchev–Trinajstić information content (AvgIpc) is 2.28. The van der Waals surface area contributed by atoms with Gasteiger partial charge in [-0.25, -0.2) is 0 Å². The first-order chi connectivity index (χ1) is 8.34. The third kappa shape index (κ3) is 4.06. The van der Waals surface area contributed by atoms with Crippen molar-refractivity contribution in [2.24, 2.45) is 5.41 Å². The van der Waals surface area contributed by atoms with Crippen molar-refractivity contribution < 1.29 is 9.53 Å². The van der Waals surface area contributed by atoms with E-state index in [1.54, 1.807) is 0 Å². The second-order valence-corrected chi connectivity index (χ2v) is 5.45. The number of benzene rings is 1. The molecule has 1 atom stereocenters. The van der Waals surface area contributed by atoms with E-state index in [0.717, 1.165) is 11.3 Å². The van der Waals surface area contributed by atoms with E-state index in [2.05, 4.69) is 5.32 Å². The standard InChI is InChI=1S/C15H23NO2/c1-6-18-13-9-7-8-12(10-13)11(2)16-14(17)15(3,4)5/h7-11H,6H2,1-5H3,(H,16,17)/t11-/m0/s1. The Balaban J connectivity index is 2.75.